The van der Waals surface area contributed by atoms with Crippen molar-refractivity contribution in [3.05, 3.63) is 34.9 Å². The molecular formula is C17H27NO. The molecule has 19 heavy (non-hydrogen) atoms. The number of hydrogen-bond acceptors (Lipinski definition) is 2. The van der Waals surface area contributed by atoms with Crippen LogP contribution in [-0.2, 0) is 0 Å². The molecule has 0 bridgehead atoms. The van der Waals surface area contributed by atoms with Crippen LogP contribution >= 0.6 is 0 Å². The average Bonchev–Trinajstić information content (AvgIpc) is 2.33. The molecule has 1 aliphatic heterocycles. The maximum Gasteiger partial charge on any atom is 0.0917 e. The first-order valence-electron chi connectivity index (χ1n) is 7.47. The smallest absolute Gasteiger partial charge is 0.0917 e. The minimum absolute atomic E-state index is 0.369. The van der Waals surface area contributed by atoms with Crippen molar-refractivity contribution in [2.75, 3.05) is 13.1 Å². The maximum absolute atomic E-state index is 10.5. The predicted molar refractivity (Wildman–Crippen MR) is 80.3 cm³/mol. The molecule has 2 nitrogen and oxygen atoms in total. The van der Waals surface area contributed by atoms with Crippen LogP contribution in [0.15, 0.2) is 18.2 Å². The molecule has 0 amide bonds. The zero-order chi connectivity index (χ0) is 14.0. The number of β-amino-alcohol motifs (C(OH)–C–C–N with tert-alkyl or cyclic N) is 1. The van der Waals surface area contributed by atoms with E-state index in [1.807, 2.05) is 0 Å². The van der Waals surface area contributed by atoms with Gasteiger partial charge in [-0.05, 0) is 51.6 Å². The van der Waals surface area contributed by atoms with E-state index in [0.29, 0.717) is 6.04 Å². The minimum Gasteiger partial charge on any atom is -0.387 e. The third-order valence-corrected chi connectivity index (χ3v) is 4.54. The van der Waals surface area contributed by atoms with E-state index in [9.17, 15) is 5.11 Å². The van der Waals surface area contributed by atoms with Crippen LogP contribution in [0.2, 0.25) is 0 Å². The van der Waals surface area contributed by atoms with Gasteiger partial charge in [0.2, 0.25) is 0 Å². The van der Waals surface area contributed by atoms with Gasteiger partial charge in [0.05, 0.1) is 6.10 Å². The Hall–Kier alpha value is -0.860. The largest absolute Gasteiger partial charge is 0.387 e. The average molecular weight is 261 g/mol. The Morgan fingerprint density at radius 3 is 2.47 bits per heavy atom. The van der Waals surface area contributed by atoms with Gasteiger partial charge >= 0.3 is 0 Å². The second-order valence-electron chi connectivity index (χ2n) is 6.29. The SMILES string of the molecule is Cc1cc(C)cc(C(O)CN2CCCC(C)C2C)c1. The van der Waals surface area contributed by atoms with E-state index >= 15 is 0 Å². The summed E-state index contributed by atoms with van der Waals surface area (Å²) in [5.74, 6) is 0.736. The number of rotatable bonds is 3. The molecule has 1 N–H and O–H groups in total. The van der Waals surface area contributed by atoms with E-state index in [4.69, 9.17) is 0 Å². The van der Waals surface area contributed by atoms with Gasteiger partial charge in [0, 0.05) is 12.6 Å². The molecular weight excluding hydrogens is 234 g/mol. The number of aliphatic hydroxyl groups is 1. The van der Waals surface area contributed by atoms with Crippen LogP contribution in [0.1, 0.15) is 49.5 Å². The van der Waals surface area contributed by atoms with Crippen LogP contribution in [-0.4, -0.2) is 29.1 Å². The lowest BCUT2D eigenvalue weighted by atomic mass is 9.91. The minimum atomic E-state index is -0.369. The predicted octanol–water partition coefficient (Wildman–Crippen LogP) is 3.46. The van der Waals surface area contributed by atoms with E-state index in [-0.39, 0.29) is 6.10 Å². The normalized spacial score (nSPS) is 26.4. The number of aliphatic hydroxyl groups excluding tert-OH is 1. The van der Waals surface area contributed by atoms with Crippen LogP contribution < -0.4 is 0 Å². The first kappa shape index (κ1) is 14.5. The van der Waals surface area contributed by atoms with E-state index in [0.717, 1.165) is 24.6 Å². The van der Waals surface area contributed by atoms with Gasteiger partial charge in [-0.25, -0.2) is 0 Å². The monoisotopic (exact) mass is 261 g/mol. The van der Waals surface area contributed by atoms with Crippen molar-refractivity contribution in [1.82, 2.24) is 4.90 Å². The zero-order valence-electron chi connectivity index (χ0n) is 12.7. The Bertz CT molecular complexity index is 409. The second kappa shape index (κ2) is 6.06. The highest BCUT2D eigenvalue weighted by Gasteiger charge is 2.26. The van der Waals surface area contributed by atoms with Crippen LogP contribution in [0.25, 0.3) is 0 Å². The first-order valence-corrected chi connectivity index (χ1v) is 7.47. The fraction of sp³-hybridized carbons (Fsp3) is 0.647. The molecule has 3 unspecified atom stereocenters. The van der Waals surface area contributed by atoms with Gasteiger partial charge in [-0.3, -0.25) is 4.90 Å². The summed E-state index contributed by atoms with van der Waals surface area (Å²) in [7, 11) is 0. The standard InChI is InChI=1S/C17H27NO/c1-12-8-13(2)10-16(9-12)17(19)11-18-7-5-6-14(3)15(18)4/h8-10,14-15,17,19H,5-7,11H2,1-4H3. The first-order chi connectivity index (χ1) is 8.97. The Labute approximate surface area is 117 Å². The number of likely N-dealkylation sites (tertiary alicyclic amines) is 1. The molecule has 2 rings (SSSR count). The lowest BCUT2D eigenvalue weighted by Gasteiger charge is -2.39. The van der Waals surface area contributed by atoms with Crippen LogP contribution in [0, 0.1) is 19.8 Å². The third-order valence-electron chi connectivity index (χ3n) is 4.54. The molecule has 2 heteroatoms. The summed E-state index contributed by atoms with van der Waals surface area (Å²) >= 11 is 0. The number of nitrogens with zero attached hydrogens (tertiary/aromatic N) is 1. The number of piperidine rings is 1. The fourth-order valence-corrected chi connectivity index (χ4v) is 3.21. The summed E-state index contributed by atoms with van der Waals surface area (Å²) in [6.07, 6.45) is 2.20. The van der Waals surface area contributed by atoms with Crippen molar-refractivity contribution in [3.63, 3.8) is 0 Å². The molecule has 1 heterocycles. The molecule has 0 aliphatic carbocycles. The van der Waals surface area contributed by atoms with Crippen LogP contribution in [0.3, 0.4) is 0 Å². The zero-order valence-corrected chi connectivity index (χ0v) is 12.7. The van der Waals surface area contributed by atoms with E-state index < -0.39 is 0 Å². The fourth-order valence-electron chi connectivity index (χ4n) is 3.21. The van der Waals surface area contributed by atoms with Gasteiger partial charge in [0.15, 0.2) is 0 Å². The Kier molecular flexibility index (Phi) is 4.64. The van der Waals surface area contributed by atoms with Gasteiger partial charge in [0.1, 0.15) is 0 Å². The molecule has 3 atom stereocenters. The summed E-state index contributed by atoms with van der Waals surface area (Å²) in [6.45, 7) is 10.7. The van der Waals surface area contributed by atoms with E-state index in [1.165, 1.54) is 24.0 Å². The van der Waals surface area contributed by atoms with E-state index in [2.05, 4.69) is 50.8 Å². The molecule has 1 aromatic carbocycles. The Morgan fingerprint density at radius 2 is 1.84 bits per heavy atom. The van der Waals surface area contributed by atoms with Crippen molar-refractivity contribution < 1.29 is 5.11 Å². The maximum atomic E-state index is 10.5. The summed E-state index contributed by atoms with van der Waals surface area (Å²) < 4.78 is 0. The quantitative estimate of drug-likeness (QED) is 0.900. The Morgan fingerprint density at radius 1 is 1.21 bits per heavy atom. The Balaban J connectivity index is 2.05. The van der Waals surface area contributed by atoms with Crippen molar-refractivity contribution in [2.45, 2.75) is 52.7 Å². The number of aryl methyl sites for hydroxylation is 2. The summed E-state index contributed by atoms with van der Waals surface area (Å²) in [5, 5.41) is 10.5. The summed E-state index contributed by atoms with van der Waals surface area (Å²) in [6, 6.07) is 6.95. The van der Waals surface area contributed by atoms with Crippen molar-refractivity contribution in [2.24, 2.45) is 5.92 Å². The van der Waals surface area contributed by atoms with Gasteiger partial charge in [-0.2, -0.15) is 0 Å². The van der Waals surface area contributed by atoms with Gasteiger partial charge < -0.3 is 5.11 Å². The molecule has 1 aliphatic rings. The van der Waals surface area contributed by atoms with Crippen molar-refractivity contribution in [3.8, 4) is 0 Å². The highest BCUT2D eigenvalue weighted by Crippen LogP contribution is 2.26. The third kappa shape index (κ3) is 3.58. The van der Waals surface area contributed by atoms with Gasteiger partial charge in [-0.1, -0.05) is 36.2 Å². The molecule has 0 aromatic heterocycles. The molecule has 0 spiro atoms. The highest BCUT2D eigenvalue weighted by atomic mass is 16.3. The molecule has 1 aromatic rings. The van der Waals surface area contributed by atoms with Gasteiger partial charge in [-0.15, -0.1) is 0 Å². The lowest BCUT2D eigenvalue weighted by Crippen LogP contribution is -2.44. The molecule has 1 fully saturated rings. The van der Waals surface area contributed by atoms with Crippen molar-refractivity contribution >= 4 is 0 Å². The highest BCUT2D eigenvalue weighted by molar-refractivity contribution is 5.30. The topological polar surface area (TPSA) is 23.5 Å². The van der Waals surface area contributed by atoms with E-state index in [1.54, 1.807) is 0 Å². The van der Waals surface area contributed by atoms with Crippen LogP contribution in [0.5, 0.6) is 0 Å². The van der Waals surface area contributed by atoms with Crippen LogP contribution in [0.4, 0.5) is 0 Å². The molecule has 0 saturated carbocycles. The molecule has 0 radical (unpaired) electrons. The lowest BCUT2D eigenvalue weighted by molar-refractivity contribution is 0.0512. The number of benzene rings is 1. The van der Waals surface area contributed by atoms with Crippen molar-refractivity contribution in [1.29, 1.82) is 0 Å². The van der Waals surface area contributed by atoms with Gasteiger partial charge in [0.25, 0.3) is 0 Å². The molecule has 106 valence electrons. The second-order valence-corrected chi connectivity index (χ2v) is 6.29. The number of hydrogen-bond donors (Lipinski definition) is 1. The molecule has 1 saturated heterocycles. The summed E-state index contributed by atoms with van der Waals surface area (Å²) in [5.41, 5.74) is 3.52. The summed E-state index contributed by atoms with van der Waals surface area (Å²) in [4.78, 5) is 2.44.